The van der Waals surface area contributed by atoms with Crippen molar-refractivity contribution in [2.75, 3.05) is 23.3 Å². The van der Waals surface area contributed by atoms with Crippen molar-refractivity contribution >= 4 is 23.0 Å². The molecule has 0 unspecified atom stereocenters. The Morgan fingerprint density at radius 3 is 2.70 bits per heavy atom. The van der Waals surface area contributed by atoms with Crippen LogP contribution in [0, 0.1) is 10.1 Å². The molecule has 1 N–H and O–H groups in total. The molecule has 1 fully saturated rings. The van der Waals surface area contributed by atoms with Gasteiger partial charge in [0, 0.05) is 18.8 Å². The normalized spacial score (nSPS) is 14.0. The summed E-state index contributed by atoms with van der Waals surface area (Å²) in [6, 6.07) is 7.75. The summed E-state index contributed by atoms with van der Waals surface area (Å²) in [4.78, 5) is 21.4. The molecule has 0 saturated carbocycles. The largest absolute Gasteiger partial charge is 0.353 e. The molecule has 1 aliphatic rings. The van der Waals surface area contributed by atoms with Gasteiger partial charge in [0.25, 0.3) is 0 Å². The molecule has 1 aromatic heterocycles. The second kappa shape index (κ2) is 6.60. The van der Waals surface area contributed by atoms with Crippen molar-refractivity contribution in [1.29, 1.82) is 0 Å². The highest BCUT2D eigenvalue weighted by molar-refractivity contribution is 5.75. The minimum absolute atomic E-state index is 0.0553. The number of nitro groups is 1. The van der Waals surface area contributed by atoms with Crippen LogP contribution in [0.4, 0.5) is 23.0 Å². The van der Waals surface area contributed by atoms with E-state index in [1.807, 2.05) is 36.1 Å². The maximum absolute atomic E-state index is 11.6. The molecule has 7 nitrogen and oxygen atoms in total. The molecule has 0 bridgehead atoms. The van der Waals surface area contributed by atoms with Crippen LogP contribution in [0.5, 0.6) is 0 Å². The SMILES string of the molecule is CCc1ccccc1Nc1ncnc(N2CCCC2)c1[N+](=O)[O-]. The summed E-state index contributed by atoms with van der Waals surface area (Å²) in [6.07, 6.45) is 4.28. The lowest BCUT2D eigenvalue weighted by atomic mass is 10.1. The van der Waals surface area contributed by atoms with Gasteiger partial charge < -0.3 is 10.2 Å². The lowest BCUT2D eigenvalue weighted by Crippen LogP contribution is -2.21. The predicted molar refractivity (Wildman–Crippen MR) is 89.2 cm³/mol. The average Bonchev–Trinajstić information content (AvgIpc) is 3.09. The van der Waals surface area contributed by atoms with Crippen LogP contribution in [0.2, 0.25) is 0 Å². The van der Waals surface area contributed by atoms with Crippen molar-refractivity contribution in [2.45, 2.75) is 26.2 Å². The van der Waals surface area contributed by atoms with Crippen molar-refractivity contribution in [2.24, 2.45) is 0 Å². The molecule has 3 rings (SSSR count). The number of aromatic nitrogens is 2. The Balaban J connectivity index is 2.01. The van der Waals surface area contributed by atoms with Gasteiger partial charge in [-0.15, -0.1) is 0 Å². The molecule has 0 spiro atoms. The van der Waals surface area contributed by atoms with Crippen molar-refractivity contribution < 1.29 is 4.92 Å². The summed E-state index contributed by atoms with van der Waals surface area (Å²) in [5.74, 6) is 0.645. The molecular formula is C16H19N5O2. The number of anilines is 3. The van der Waals surface area contributed by atoms with E-state index in [0.29, 0.717) is 5.82 Å². The highest BCUT2D eigenvalue weighted by atomic mass is 16.6. The Morgan fingerprint density at radius 2 is 2.00 bits per heavy atom. The van der Waals surface area contributed by atoms with Crippen molar-refractivity contribution in [1.82, 2.24) is 9.97 Å². The van der Waals surface area contributed by atoms with E-state index < -0.39 is 4.92 Å². The lowest BCUT2D eigenvalue weighted by Gasteiger charge is -2.17. The van der Waals surface area contributed by atoms with Gasteiger partial charge in [-0.1, -0.05) is 25.1 Å². The fourth-order valence-electron chi connectivity index (χ4n) is 2.87. The Kier molecular flexibility index (Phi) is 4.36. The minimum atomic E-state index is -0.398. The summed E-state index contributed by atoms with van der Waals surface area (Å²) < 4.78 is 0. The summed E-state index contributed by atoms with van der Waals surface area (Å²) in [5.41, 5.74) is 1.87. The first kappa shape index (κ1) is 15.2. The molecule has 2 heterocycles. The number of aryl methyl sites for hydroxylation is 1. The van der Waals surface area contributed by atoms with Crippen molar-refractivity contribution in [3.05, 3.63) is 46.3 Å². The number of hydrogen-bond donors (Lipinski definition) is 1. The maximum Gasteiger partial charge on any atom is 0.353 e. The Labute approximate surface area is 134 Å². The number of nitrogens with one attached hydrogen (secondary N) is 1. The van der Waals surface area contributed by atoms with E-state index in [2.05, 4.69) is 15.3 Å². The van der Waals surface area contributed by atoms with Crippen LogP contribution in [0.25, 0.3) is 0 Å². The van der Waals surface area contributed by atoms with E-state index in [1.165, 1.54) is 6.33 Å². The fraction of sp³-hybridized carbons (Fsp3) is 0.375. The Hall–Kier alpha value is -2.70. The number of rotatable bonds is 5. The van der Waals surface area contributed by atoms with Gasteiger partial charge in [-0.3, -0.25) is 10.1 Å². The fourth-order valence-corrected chi connectivity index (χ4v) is 2.87. The monoisotopic (exact) mass is 313 g/mol. The van der Waals surface area contributed by atoms with E-state index in [1.54, 1.807) is 0 Å². The van der Waals surface area contributed by atoms with Crippen molar-refractivity contribution in [3.63, 3.8) is 0 Å². The number of nitrogens with zero attached hydrogens (tertiary/aromatic N) is 4. The van der Waals surface area contributed by atoms with E-state index in [0.717, 1.165) is 43.6 Å². The zero-order valence-electron chi connectivity index (χ0n) is 13.0. The summed E-state index contributed by atoms with van der Waals surface area (Å²) in [5, 5.41) is 14.7. The van der Waals surface area contributed by atoms with Gasteiger partial charge in [0.2, 0.25) is 11.6 Å². The van der Waals surface area contributed by atoms with Crippen LogP contribution >= 0.6 is 0 Å². The molecule has 1 aliphatic heterocycles. The highest BCUT2D eigenvalue weighted by Gasteiger charge is 2.28. The molecule has 0 radical (unpaired) electrons. The van der Waals surface area contributed by atoms with E-state index >= 15 is 0 Å². The van der Waals surface area contributed by atoms with Crippen LogP contribution in [0.1, 0.15) is 25.3 Å². The molecular weight excluding hydrogens is 294 g/mol. The molecule has 120 valence electrons. The molecule has 2 aromatic rings. The maximum atomic E-state index is 11.6. The van der Waals surface area contributed by atoms with Gasteiger partial charge in [0.05, 0.1) is 4.92 Å². The van der Waals surface area contributed by atoms with Crippen LogP contribution in [-0.2, 0) is 6.42 Å². The Morgan fingerprint density at radius 1 is 1.26 bits per heavy atom. The predicted octanol–water partition coefficient (Wildman–Crippen LogP) is 3.29. The zero-order valence-corrected chi connectivity index (χ0v) is 13.0. The van der Waals surface area contributed by atoms with Crippen LogP contribution in [-0.4, -0.2) is 28.0 Å². The van der Waals surface area contributed by atoms with Crippen LogP contribution < -0.4 is 10.2 Å². The molecule has 1 aromatic carbocycles. The molecule has 0 amide bonds. The summed E-state index contributed by atoms with van der Waals surface area (Å²) in [6.45, 7) is 3.64. The van der Waals surface area contributed by atoms with E-state index in [-0.39, 0.29) is 11.5 Å². The standard InChI is InChI=1S/C16H19N5O2/c1-2-12-7-3-4-8-13(12)19-15-14(21(22)23)16(18-11-17-15)20-9-5-6-10-20/h3-4,7-8,11H,2,5-6,9-10H2,1H3,(H,17,18,19). The summed E-state index contributed by atoms with van der Waals surface area (Å²) in [7, 11) is 0. The molecule has 1 saturated heterocycles. The lowest BCUT2D eigenvalue weighted by molar-refractivity contribution is -0.383. The van der Waals surface area contributed by atoms with Gasteiger partial charge >= 0.3 is 5.69 Å². The van der Waals surface area contributed by atoms with Crippen LogP contribution in [0.3, 0.4) is 0 Å². The first-order chi connectivity index (χ1) is 11.2. The van der Waals surface area contributed by atoms with E-state index in [4.69, 9.17) is 0 Å². The average molecular weight is 313 g/mol. The Bertz CT molecular complexity index is 713. The van der Waals surface area contributed by atoms with Gasteiger partial charge in [-0.25, -0.2) is 9.97 Å². The first-order valence-electron chi connectivity index (χ1n) is 7.80. The third-order valence-electron chi connectivity index (χ3n) is 4.04. The van der Waals surface area contributed by atoms with Gasteiger partial charge in [0.1, 0.15) is 6.33 Å². The number of benzene rings is 1. The summed E-state index contributed by atoms with van der Waals surface area (Å²) >= 11 is 0. The van der Waals surface area contributed by atoms with Gasteiger partial charge in [0.15, 0.2) is 0 Å². The second-order valence-corrected chi connectivity index (χ2v) is 5.48. The zero-order chi connectivity index (χ0) is 16.2. The van der Waals surface area contributed by atoms with E-state index in [9.17, 15) is 10.1 Å². The number of para-hydroxylation sites is 1. The molecule has 23 heavy (non-hydrogen) atoms. The topological polar surface area (TPSA) is 84.2 Å². The van der Waals surface area contributed by atoms with Crippen molar-refractivity contribution in [3.8, 4) is 0 Å². The minimum Gasteiger partial charge on any atom is -0.351 e. The number of hydrogen-bond acceptors (Lipinski definition) is 6. The third kappa shape index (κ3) is 3.08. The van der Waals surface area contributed by atoms with Gasteiger partial charge in [-0.2, -0.15) is 0 Å². The third-order valence-corrected chi connectivity index (χ3v) is 4.04. The van der Waals surface area contributed by atoms with Gasteiger partial charge in [-0.05, 0) is 30.9 Å². The molecule has 0 atom stereocenters. The van der Waals surface area contributed by atoms with Crippen LogP contribution in [0.15, 0.2) is 30.6 Å². The highest BCUT2D eigenvalue weighted by Crippen LogP contribution is 2.35. The molecule has 0 aliphatic carbocycles. The quantitative estimate of drug-likeness (QED) is 0.673. The first-order valence-corrected chi connectivity index (χ1v) is 7.80. The molecule has 7 heteroatoms. The smallest absolute Gasteiger partial charge is 0.351 e. The second-order valence-electron chi connectivity index (χ2n) is 5.48.